The van der Waals surface area contributed by atoms with E-state index in [4.69, 9.17) is 4.74 Å². The number of aryl methyl sites for hydroxylation is 1. The van der Waals surface area contributed by atoms with Crippen molar-refractivity contribution in [1.29, 1.82) is 0 Å². The summed E-state index contributed by atoms with van der Waals surface area (Å²) >= 11 is 0. The molecule has 122 valence electrons. The van der Waals surface area contributed by atoms with E-state index in [-0.39, 0.29) is 12.1 Å². The molecular formula is C17H27N3O2. The van der Waals surface area contributed by atoms with Crippen LogP contribution in [-0.4, -0.2) is 29.3 Å². The SMILES string of the molecule is Cc1ccc(CNCC(NC(=O)OC(C)(C)C)C2CC2)cn1. The average molecular weight is 305 g/mol. The molecule has 0 bridgehead atoms. The van der Waals surface area contributed by atoms with E-state index >= 15 is 0 Å². The van der Waals surface area contributed by atoms with Crippen LogP contribution in [-0.2, 0) is 11.3 Å². The van der Waals surface area contributed by atoms with E-state index in [0.29, 0.717) is 5.92 Å². The first-order valence-corrected chi connectivity index (χ1v) is 7.95. The predicted octanol–water partition coefficient (Wildman–Crippen LogP) is 2.78. The van der Waals surface area contributed by atoms with Gasteiger partial charge in [-0.05, 0) is 58.1 Å². The fraction of sp³-hybridized carbons (Fsp3) is 0.647. The summed E-state index contributed by atoms with van der Waals surface area (Å²) in [6.45, 7) is 9.11. The molecule has 2 rings (SSSR count). The monoisotopic (exact) mass is 305 g/mol. The van der Waals surface area contributed by atoms with Gasteiger partial charge < -0.3 is 15.4 Å². The van der Waals surface area contributed by atoms with Gasteiger partial charge in [-0.25, -0.2) is 4.79 Å². The highest BCUT2D eigenvalue weighted by atomic mass is 16.6. The lowest BCUT2D eigenvalue weighted by atomic mass is 10.1. The first-order valence-electron chi connectivity index (χ1n) is 7.95. The van der Waals surface area contributed by atoms with Crippen molar-refractivity contribution in [1.82, 2.24) is 15.6 Å². The van der Waals surface area contributed by atoms with E-state index in [1.165, 1.54) is 12.8 Å². The highest BCUT2D eigenvalue weighted by Gasteiger charge is 2.33. The zero-order valence-corrected chi connectivity index (χ0v) is 14.0. The Morgan fingerprint density at radius 1 is 1.41 bits per heavy atom. The largest absolute Gasteiger partial charge is 0.444 e. The summed E-state index contributed by atoms with van der Waals surface area (Å²) in [5.41, 5.74) is 1.71. The van der Waals surface area contributed by atoms with Crippen molar-refractivity contribution in [2.75, 3.05) is 6.54 Å². The third kappa shape index (κ3) is 6.02. The van der Waals surface area contributed by atoms with Crippen LogP contribution in [0.3, 0.4) is 0 Å². The van der Waals surface area contributed by atoms with Crippen LogP contribution in [0.15, 0.2) is 18.3 Å². The van der Waals surface area contributed by atoms with E-state index < -0.39 is 5.60 Å². The normalized spacial score (nSPS) is 16.2. The standard InChI is InChI=1S/C17H27N3O2/c1-12-5-6-13(10-19-12)9-18-11-15(14-7-8-14)20-16(21)22-17(2,3)4/h5-6,10,14-15,18H,7-9,11H2,1-4H3,(H,20,21). The lowest BCUT2D eigenvalue weighted by molar-refractivity contribution is 0.0497. The second-order valence-electron chi connectivity index (χ2n) is 7.03. The Kier molecular flexibility index (Phi) is 5.40. The second kappa shape index (κ2) is 7.09. The average Bonchev–Trinajstić information content (AvgIpc) is 3.22. The number of carbonyl (C=O) groups is 1. The first-order chi connectivity index (χ1) is 10.3. The van der Waals surface area contributed by atoms with E-state index in [2.05, 4.69) is 21.7 Å². The Bertz CT molecular complexity index is 490. The summed E-state index contributed by atoms with van der Waals surface area (Å²) in [6, 6.07) is 4.21. The maximum Gasteiger partial charge on any atom is 0.407 e. The summed E-state index contributed by atoms with van der Waals surface area (Å²) in [4.78, 5) is 16.2. The number of hydrogen-bond acceptors (Lipinski definition) is 4. The number of hydrogen-bond donors (Lipinski definition) is 2. The zero-order chi connectivity index (χ0) is 16.2. The number of ether oxygens (including phenoxy) is 1. The molecule has 0 radical (unpaired) electrons. The highest BCUT2D eigenvalue weighted by Crippen LogP contribution is 2.32. The molecule has 1 heterocycles. The van der Waals surface area contributed by atoms with Crippen molar-refractivity contribution in [3.05, 3.63) is 29.6 Å². The van der Waals surface area contributed by atoms with Gasteiger partial charge in [0.2, 0.25) is 0 Å². The molecule has 5 heteroatoms. The molecule has 1 fully saturated rings. The minimum absolute atomic E-state index is 0.133. The summed E-state index contributed by atoms with van der Waals surface area (Å²) in [6.07, 6.45) is 3.90. The molecule has 2 N–H and O–H groups in total. The van der Waals surface area contributed by atoms with E-state index in [9.17, 15) is 4.79 Å². The zero-order valence-electron chi connectivity index (χ0n) is 14.0. The number of nitrogens with one attached hydrogen (secondary N) is 2. The van der Waals surface area contributed by atoms with Crippen molar-refractivity contribution >= 4 is 6.09 Å². The Hall–Kier alpha value is -1.62. The molecule has 0 aromatic carbocycles. The molecule has 1 aliphatic carbocycles. The molecular weight excluding hydrogens is 278 g/mol. The number of amides is 1. The molecule has 5 nitrogen and oxygen atoms in total. The highest BCUT2D eigenvalue weighted by molar-refractivity contribution is 5.68. The summed E-state index contributed by atoms with van der Waals surface area (Å²) < 4.78 is 5.34. The predicted molar refractivity (Wildman–Crippen MR) is 86.6 cm³/mol. The molecule has 1 unspecified atom stereocenters. The molecule has 0 aliphatic heterocycles. The minimum atomic E-state index is -0.459. The van der Waals surface area contributed by atoms with Gasteiger partial charge in [-0.1, -0.05) is 6.07 Å². The van der Waals surface area contributed by atoms with E-state index in [1.54, 1.807) is 0 Å². The Morgan fingerprint density at radius 2 is 2.14 bits per heavy atom. The van der Waals surface area contributed by atoms with Crippen LogP contribution in [0.2, 0.25) is 0 Å². The summed E-state index contributed by atoms with van der Waals surface area (Å²) in [7, 11) is 0. The number of alkyl carbamates (subject to hydrolysis) is 1. The third-order valence-electron chi connectivity index (χ3n) is 3.56. The van der Waals surface area contributed by atoms with Crippen LogP contribution in [0.1, 0.15) is 44.9 Å². The third-order valence-corrected chi connectivity index (χ3v) is 3.56. The summed E-state index contributed by atoms with van der Waals surface area (Å²) in [5, 5.41) is 6.39. The van der Waals surface area contributed by atoms with Gasteiger partial charge in [0, 0.05) is 31.0 Å². The molecule has 1 aromatic rings. The van der Waals surface area contributed by atoms with Crippen LogP contribution in [0, 0.1) is 12.8 Å². The molecule has 1 amide bonds. The fourth-order valence-corrected chi connectivity index (χ4v) is 2.27. The Morgan fingerprint density at radius 3 is 2.68 bits per heavy atom. The molecule has 0 spiro atoms. The first kappa shape index (κ1) is 16.7. The Labute approximate surface area is 132 Å². The van der Waals surface area contributed by atoms with Crippen molar-refractivity contribution in [3.63, 3.8) is 0 Å². The van der Waals surface area contributed by atoms with Crippen LogP contribution in [0.25, 0.3) is 0 Å². The molecule has 1 saturated carbocycles. The van der Waals surface area contributed by atoms with Crippen molar-refractivity contribution in [2.24, 2.45) is 5.92 Å². The van der Waals surface area contributed by atoms with Gasteiger partial charge in [-0.15, -0.1) is 0 Å². The van der Waals surface area contributed by atoms with Gasteiger partial charge in [-0.2, -0.15) is 0 Å². The summed E-state index contributed by atoms with van der Waals surface area (Å²) in [5.74, 6) is 0.566. The lowest BCUT2D eigenvalue weighted by Gasteiger charge is -2.24. The number of aromatic nitrogens is 1. The number of pyridine rings is 1. The van der Waals surface area contributed by atoms with Gasteiger partial charge in [0.25, 0.3) is 0 Å². The quantitative estimate of drug-likeness (QED) is 0.848. The molecule has 1 aromatic heterocycles. The van der Waals surface area contributed by atoms with Gasteiger partial charge in [0.1, 0.15) is 5.60 Å². The van der Waals surface area contributed by atoms with Crippen LogP contribution < -0.4 is 10.6 Å². The second-order valence-corrected chi connectivity index (χ2v) is 7.03. The van der Waals surface area contributed by atoms with Crippen LogP contribution >= 0.6 is 0 Å². The van der Waals surface area contributed by atoms with Crippen molar-refractivity contribution in [3.8, 4) is 0 Å². The molecule has 22 heavy (non-hydrogen) atoms. The smallest absolute Gasteiger partial charge is 0.407 e. The number of rotatable bonds is 6. The maximum atomic E-state index is 11.9. The molecule has 0 saturated heterocycles. The maximum absolute atomic E-state index is 11.9. The van der Waals surface area contributed by atoms with Gasteiger partial charge in [0.15, 0.2) is 0 Å². The van der Waals surface area contributed by atoms with Crippen LogP contribution in [0.4, 0.5) is 4.79 Å². The van der Waals surface area contributed by atoms with E-state index in [1.807, 2.05) is 40.0 Å². The minimum Gasteiger partial charge on any atom is -0.444 e. The van der Waals surface area contributed by atoms with E-state index in [0.717, 1.165) is 24.3 Å². The number of carbonyl (C=O) groups excluding carboxylic acids is 1. The van der Waals surface area contributed by atoms with Crippen molar-refractivity contribution < 1.29 is 9.53 Å². The van der Waals surface area contributed by atoms with Crippen molar-refractivity contribution in [2.45, 2.75) is 58.7 Å². The Balaban J connectivity index is 1.77. The number of nitrogens with zero attached hydrogens (tertiary/aromatic N) is 1. The topological polar surface area (TPSA) is 63.2 Å². The van der Waals surface area contributed by atoms with Gasteiger partial charge in [0.05, 0.1) is 0 Å². The lowest BCUT2D eigenvalue weighted by Crippen LogP contribution is -2.45. The van der Waals surface area contributed by atoms with Gasteiger partial charge in [-0.3, -0.25) is 4.98 Å². The van der Waals surface area contributed by atoms with Crippen LogP contribution in [0.5, 0.6) is 0 Å². The fourth-order valence-electron chi connectivity index (χ4n) is 2.27. The molecule has 1 aliphatic rings. The molecule has 1 atom stereocenters. The van der Waals surface area contributed by atoms with Gasteiger partial charge >= 0.3 is 6.09 Å².